The predicted molar refractivity (Wildman–Crippen MR) is 94.5 cm³/mol. The van der Waals surface area contributed by atoms with Gasteiger partial charge in [0, 0.05) is 6.42 Å². The molecule has 5 heteroatoms. The number of unbranched alkanes of at least 4 members (excludes halogenated alkanes) is 3. The molecule has 1 atom stereocenters. The van der Waals surface area contributed by atoms with Crippen LogP contribution in [0.3, 0.4) is 0 Å². The number of amides is 1. The van der Waals surface area contributed by atoms with Gasteiger partial charge in [-0.3, -0.25) is 9.59 Å². The standard InChI is InChI=1S/C17H35NO3Si/c1-8-9-10-11-12-16(20)18-15(14(2)19)13-21-22(6,7)17(3,4)5/h15H,8-13H2,1-7H3,(H,18,20). The first-order valence-electron chi connectivity index (χ1n) is 8.45. The summed E-state index contributed by atoms with van der Waals surface area (Å²) in [6.07, 6.45) is 4.74. The number of rotatable bonds is 10. The molecule has 1 N–H and O–H groups in total. The van der Waals surface area contributed by atoms with Gasteiger partial charge < -0.3 is 9.74 Å². The highest BCUT2D eigenvalue weighted by Crippen LogP contribution is 2.36. The average molecular weight is 330 g/mol. The van der Waals surface area contributed by atoms with Crippen molar-refractivity contribution in [1.82, 2.24) is 5.32 Å². The van der Waals surface area contributed by atoms with Crippen molar-refractivity contribution in [2.45, 2.75) is 90.9 Å². The molecule has 0 aliphatic carbocycles. The van der Waals surface area contributed by atoms with Crippen LogP contribution in [0.4, 0.5) is 0 Å². The highest BCUT2D eigenvalue weighted by molar-refractivity contribution is 6.74. The number of Topliss-reactive ketones (excluding diaryl/α,β-unsaturated/α-hetero) is 1. The zero-order valence-electron chi connectivity index (χ0n) is 15.5. The molecule has 0 fully saturated rings. The first kappa shape index (κ1) is 21.3. The van der Waals surface area contributed by atoms with Gasteiger partial charge in [0.15, 0.2) is 14.1 Å². The molecule has 4 nitrogen and oxygen atoms in total. The Hall–Kier alpha value is -0.683. The van der Waals surface area contributed by atoms with Gasteiger partial charge in [0.05, 0.1) is 6.61 Å². The molecule has 0 spiro atoms. The second-order valence-corrected chi connectivity index (χ2v) is 12.4. The van der Waals surface area contributed by atoms with Crippen LogP contribution in [0.25, 0.3) is 0 Å². The molecule has 130 valence electrons. The summed E-state index contributed by atoms with van der Waals surface area (Å²) < 4.78 is 6.06. The van der Waals surface area contributed by atoms with Crippen molar-refractivity contribution in [1.29, 1.82) is 0 Å². The third-order valence-corrected chi connectivity index (χ3v) is 9.00. The summed E-state index contributed by atoms with van der Waals surface area (Å²) in [6, 6.07) is -0.521. The van der Waals surface area contributed by atoms with Crippen LogP contribution in [0.15, 0.2) is 0 Å². The van der Waals surface area contributed by atoms with Gasteiger partial charge in [0.2, 0.25) is 5.91 Å². The van der Waals surface area contributed by atoms with E-state index in [4.69, 9.17) is 4.43 Å². The van der Waals surface area contributed by atoms with E-state index in [0.717, 1.165) is 25.7 Å². The quantitative estimate of drug-likeness (QED) is 0.486. The molecule has 0 radical (unpaired) electrons. The summed E-state index contributed by atoms with van der Waals surface area (Å²) in [4.78, 5) is 23.7. The highest BCUT2D eigenvalue weighted by Gasteiger charge is 2.38. The second kappa shape index (κ2) is 9.45. The molecule has 0 bridgehead atoms. The van der Waals surface area contributed by atoms with E-state index in [0.29, 0.717) is 6.42 Å². The molecule has 0 aromatic heterocycles. The number of nitrogens with one attached hydrogen (secondary N) is 1. The van der Waals surface area contributed by atoms with Crippen LogP contribution in [-0.2, 0) is 14.0 Å². The van der Waals surface area contributed by atoms with E-state index < -0.39 is 14.4 Å². The summed E-state index contributed by atoms with van der Waals surface area (Å²) in [5, 5.41) is 2.92. The second-order valence-electron chi connectivity index (χ2n) is 7.61. The third kappa shape index (κ3) is 8.08. The van der Waals surface area contributed by atoms with Crippen LogP contribution in [0.1, 0.15) is 66.7 Å². The first-order valence-corrected chi connectivity index (χ1v) is 11.4. The Morgan fingerprint density at radius 1 is 1.14 bits per heavy atom. The molecule has 0 aromatic carbocycles. The molecule has 0 aromatic rings. The van der Waals surface area contributed by atoms with Crippen LogP contribution in [0, 0.1) is 0 Å². The number of hydrogen-bond donors (Lipinski definition) is 1. The molecule has 1 unspecified atom stereocenters. The van der Waals surface area contributed by atoms with E-state index >= 15 is 0 Å². The summed E-state index contributed by atoms with van der Waals surface area (Å²) in [5.41, 5.74) is 0. The van der Waals surface area contributed by atoms with Gasteiger partial charge in [0.25, 0.3) is 0 Å². The topological polar surface area (TPSA) is 55.4 Å². The Kier molecular flexibility index (Phi) is 9.16. The molecular formula is C17H35NO3Si. The SMILES string of the molecule is CCCCCCC(=O)NC(CO[Si](C)(C)C(C)(C)C)C(C)=O. The first-order chi connectivity index (χ1) is 10.0. The Morgan fingerprint density at radius 3 is 2.18 bits per heavy atom. The van der Waals surface area contributed by atoms with E-state index in [1.807, 2.05) is 0 Å². The fraction of sp³-hybridized carbons (Fsp3) is 0.882. The Morgan fingerprint density at radius 2 is 1.73 bits per heavy atom. The fourth-order valence-electron chi connectivity index (χ4n) is 1.75. The minimum Gasteiger partial charge on any atom is -0.414 e. The van der Waals surface area contributed by atoms with Crippen molar-refractivity contribution in [3.05, 3.63) is 0 Å². The minimum absolute atomic E-state index is 0.0411. The molecule has 0 saturated heterocycles. The number of hydrogen-bond acceptors (Lipinski definition) is 3. The lowest BCUT2D eigenvalue weighted by atomic mass is 10.1. The molecule has 0 rings (SSSR count). The lowest BCUT2D eigenvalue weighted by Crippen LogP contribution is -2.48. The lowest BCUT2D eigenvalue weighted by Gasteiger charge is -2.37. The van der Waals surface area contributed by atoms with Crippen molar-refractivity contribution < 1.29 is 14.0 Å². The molecule has 1 amide bonds. The third-order valence-electron chi connectivity index (χ3n) is 4.50. The summed E-state index contributed by atoms with van der Waals surface area (Å²) in [5.74, 6) is -0.0873. The molecule has 0 aliphatic rings. The minimum atomic E-state index is -1.90. The van der Waals surface area contributed by atoms with Crippen LogP contribution in [-0.4, -0.2) is 32.7 Å². The van der Waals surface area contributed by atoms with E-state index in [9.17, 15) is 9.59 Å². The lowest BCUT2D eigenvalue weighted by molar-refractivity contribution is -0.127. The van der Waals surface area contributed by atoms with Crippen molar-refractivity contribution in [3.63, 3.8) is 0 Å². The normalized spacial score (nSPS) is 13.8. The van der Waals surface area contributed by atoms with E-state index in [1.54, 1.807) is 0 Å². The molecule has 0 saturated carbocycles. The molecule has 0 aliphatic heterocycles. The monoisotopic (exact) mass is 329 g/mol. The average Bonchev–Trinajstić information content (AvgIpc) is 2.38. The van der Waals surface area contributed by atoms with Gasteiger partial charge in [-0.05, 0) is 31.5 Å². The maximum Gasteiger partial charge on any atom is 0.220 e. The number of ketones is 1. The van der Waals surface area contributed by atoms with Crippen molar-refractivity contribution in [2.75, 3.05) is 6.61 Å². The Labute approximate surface area is 137 Å². The summed E-state index contributed by atoms with van der Waals surface area (Å²) >= 11 is 0. The largest absolute Gasteiger partial charge is 0.414 e. The van der Waals surface area contributed by atoms with Crippen molar-refractivity contribution in [3.8, 4) is 0 Å². The van der Waals surface area contributed by atoms with E-state index in [1.165, 1.54) is 6.92 Å². The zero-order valence-corrected chi connectivity index (χ0v) is 16.5. The number of carbonyl (C=O) groups excluding carboxylic acids is 2. The molecule has 22 heavy (non-hydrogen) atoms. The van der Waals surface area contributed by atoms with Crippen LogP contribution < -0.4 is 5.32 Å². The van der Waals surface area contributed by atoms with Gasteiger partial charge in [0.1, 0.15) is 6.04 Å². The predicted octanol–water partition coefficient (Wildman–Crippen LogP) is 4.05. The van der Waals surface area contributed by atoms with Gasteiger partial charge in [-0.15, -0.1) is 0 Å². The fourth-order valence-corrected chi connectivity index (χ4v) is 2.76. The van der Waals surface area contributed by atoms with Gasteiger partial charge in [-0.25, -0.2) is 0 Å². The summed E-state index contributed by atoms with van der Waals surface area (Å²) in [7, 11) is -1.90. The van der Waals surface area contributed by atoms with E-state index in [2.05, 4.69) is 46.1 Å². The molecule has 0 heterocycles. The van der Waals surface area contributed by atoms with E-state index in [-0.39, 0.29) is 23.3 Å². The van der Waals surface area contributed by atoms with Gasteiger partial charge in [-0.1, -0.05) is 47.0 Å². The maximum atomic E-state index is 11.9. The Balaban J connectivity index is 4.39. The van der Waals surface area contributed by atoms with Crippen molar-refractivity contribution in [2.24, 2.45) is 0 Å². The van der Waals surface area contributed by atoms with Crippen LogP contribution in [0.5, 0.6) is 0 Å². The van der Waals surface area contributed by atoms with Gasteiger partial charge >= 0.3 is 0 Å². The van der Waals surface area contributed by atoms with Crippen LogP contribution in [0.2, 0.25) is 18.1 Å². The molecular weight excluding hydrogens is 294 g/mol. The number of carbonyl (C=O) groups is 2. The van der Waals surface area contributed by atoms with Crippen LogP contribution >= 0.6 is 0 Å². The summed E-state index contributed by atoms with van der Waals surface area (Å²) in [6.45, 7) is 14.7. The van der Waals surface area contributed by atoms with Crippen molar-refractivity contribution >= 4 is 20.0 Å². The zero-order chi connectivity index (χ0) is 17.4. The van der Waals surface area contributed by atoms with Gasteiger partial charge in [-0.2, -0.15) is 0 Å². The smallest absolute Gasteiger partial charge is 0.220 e. The highest BCUT2D eigenvalue weighted by atomic mass is 28.4. The maximum absolute atomic E-state index is 11.9. The Bertz CT molecular complexity index is 361.